The SMILES string of the molecule is COc1ccc2c(c1)C(c1ncnc3nn(C4CCCCC4)cc13)CN2. The second-order valence-corrected chi connectivity index (χ2v) is 7.28. The molecule has 1 N–H and O–H groups in total. The number of nitrogens with zero attached hydrogens (tertiary/aromatic N) is 4. The Morgan fingerprint density at radius 1 is 1.15 bits per heavy atom. The highest BCUT2D eigenvalue weighted by Crippen LogP contribution is 2.39. The molecule has 0 radical (unpaired) electrons. The molecule has 1 unspecified atom stereocenters. The summed E-state index contributed by atoms with van der Waals surface area (Å²) in [6, 6.07) is 6.68. The molecule has 1 aliphatic carbocycles. The molecule has 3 aromatic rings. The number of ether oxygens (including phenoxy) is 1. The maximum atomic E-state index is 5.42. The van der Waals surface area contributed by atoms with Gasteiger partial charge in [0.05, 0.1) is 24.2 Å². The first-order valence-corrected chi connectivity index (χ1v) is 9.45. The molecule has 2 aliphatic rings. The standard InChI is InChI=1S/C20H23N5O/c1-26-14-7-8-18-15(9-14)16(10-21-18)19-17-11-25(13-5-3-2-4-6-13)24-20(17)23-12-22-19/h7-9,11-13,16,21H,2-6,10H2,1H3. The number of anilines is 1. The van der Waals surface area contributed by atoms with Gasteiger partial charge in [-0.2, -0.15) is 5.10 Å². The van der Waals surface area contributed by atoms with Crippen LogP contribution in [0.25, 0.3) is 11.0 Å². The van der Waals surface area contributed by atoms with Crippen LogP contribution in [0.3, 0.4) is 0 Å². The van der Waals surface area contributed by atoms with Crippen LogP contribution in [0.5, 0.6) is 5.75 Å². The van der Waals surface area contributed by atoms with Crippen molar-refractivity contribution in [3.05, 3.63) is 42.0 Å². The smallest absolute Gasteiger partial charge is 0.184 e. The van der Waals surface area contributed by atoms with E-state index in [0.29, 0.717) is 6.04 Å². The van der Waals surface area contributed by atoms with Crippen molar-refractivity contribution in [1.29, 1.82) is 0 Å². The third-order valence-electron chi connectivity index (χ3n) is 5.77. The molecule has 26 heavy (non-hydrogen) atoms. The highest BCUT2D eigenvalue weighted by atomic mass is 16.5. The number of benzene rings is 1. The molecule has 1 atom stereocenters. The van der Waals surface area contributed by atoms with Gasteiger partial charge in [0.2, 0.25) is 0 Å². The van der Waals surface area contributed by atoms with E-state index in [4.69, 9.17) is 9.84 Å². The summed E-state index contributed by atoms with van der Waals surface area (Å²) >= 11 is 0. The Hall–Kier alpha value is -2.63. The topological polar surface area (TPSA) is 64.9 Å². The van der Waals surface area contributed by atoms with E-state index in [2.05, 4.69) is 38.3 Å². The van der Waals surface area contributed by atoms with E-state index in [1.807, 2.05) is 6.07 Å². The average Bonchev–Trinajstić information content (AvgIpc) is 3.32. The van der Waals surface area contributed by atoms with Crippen LogP contribution in [0.1, 0.15) is 55.3 Å². The molecule has 0 saturated heterocycles. The Morgan fingerprint density at radius 2 is 2.04 bits per heavy atom. The lowest BCUT2D eigenvalue weighted by Crippen LogP contribution is -2.13. The molecule has 0 amide bonds. The Kier molecular flexibility index (Phi) is 3.76. The van der Waals surface area contributed by atoms with Crippen LogP contribution in [0.15, 0.2) is 30.7 Å². The van der Waals surface area contributed by atoms with Gasteiger partial charge in [-0.05, 0) is 36.6 Å². The van der Waals surface area contributed by atoms with E-state index in [9.17, 15) is 0 Å². The average molecular weight is 349 g/mol. The molecule has 134 valence electrons. The zero-order chi connectivity index (χ0) is 17.5. The molecule has 3 heterocycles. The van der Waals surface area contributed by atoms with E-state index >= 15 is 0 Å². The van der Waals surface area contributed by atoms with Gasteiger partial charge in [0, 0.05) is 24.3 Å². The van der Waals surface area contributed by atoms with Gasteiger partial charge in [0.25, 0.3) is 0 Å². The summed E-state index contributed by atoms with van der Waals surface area (Å²) in [6.45, 7) is 0.837. The number of fused-ring (bicyclic) bond motifs is 2. The quantitative estimate of drug-likeness (QED) is 0.777. The molecule has 0 bridgehead atoms. The zero-order valence-electron chi connectivity index (χ0n) is 15.0. The number of hydrogen-bond acceptors (Lipinski definition) is 5. The minimum Gasteiger partial charge on any atom is -0.497 e. The number of hydrogen-bond donors (Lipinski definition) is 1. The summed E-state index contributed by atoms with van der Waals surface area (Å²) in [4.78, 5) is 9.09. The fourth-order valence-corrected chi connectivity index (χ4v) is 4.37. The van der Waals surface area contributed by atoms with Crippen LogP contribution in [0.4, 0.5) is 5.69 Å². The first-order valence-electron chi connectivity index (χ1n) is 9.45. The van der Waals surface area contributed by atoms with Gasteiger partial charge in [0.15, 0.2) is 5.65 Å². The molecule has 1 aromatic carbocycles. The van der Waals surface area contributed by atoms with Gasteiger partial charge in [-0.15, -0.1) is 0 Å². The number of methoxy groups -OCH3 is 1. The Labute approximate surface area is 152 Å². The van der Waals surface area contributed by atoms with Crippen molar-refractivity contribution in [2.24, 2.45) is 0 Å². The minimum atomic E-state index is 0.189. The van der Waals surface area contributed by atoms with Crippen LogP contribution in [-0.4, -0.2) is 33.4 Å². The fourth-order valence-electron chi connectivity index (χ4n) is 4.37. The number of rotatable bonds is 3. The predicted molar refractivity (Wildman–Crippen MR) is 101 cm³/mol. The molecule has 6 heteroatoms. The Morgan fingerprint density at radius 3 is 2.88 bits per heavy atom. The van der Waals surface area contributed by atoms with Gasteiger partial charge in [-0.25, -0.2) is 9.97 Å². The summed E-state index contributed by atoms with van der Waals surface area (Å²) < 4.78 is 7.55. The van der Waals surface area contributed by atoms with Crippen molar-refractivity contribution in [3.8, 4) is 5.75 Å². The van der Waals surface area contributed by atoms with Gasteiger partial charge in [0.1, 0.15) is 12.1 Å². The van der Waals surface area contributed by atoms with Crippen LogP contribution >= 0.6 is 0 Å². The predicted octanol–water partition coefficient (Wildman–Crippen LogP) is 3.90. The molecule has 5 rings (SSSR count). The van der Waals surface area contributed by atoms with Crippen molar-refractivity contribution < 1.29 is 4.74 Å². The lowest BCUT2D eigenvalue weighted by molar-refractivity contribution is 0.331. The summed E-state index contributed by atoms with van der Waals surface area (Å²) in [6.07, 6.45) is 10.2. The van der Waals surface area contributed by atoms with E-state index in [0.717, 1.165) is 34.7 Å². The molecule has 6 nitrogen and oxygen atoms in total. The lowest BCUT2D eigenvalue weighted by Gasteiger charge is -2.21. The van der Waals surface area contributed by atoms with E-state index in [1.54, 1.807) is 13.4 Å². The second-order valence-electron chi connectivity index (χ2n) is 7.28. The third kappa shape index (κ3) is 2.52. The van der Waals surface area contributed by atoms with Gasteiger partial charge in [-0.3, -0.25) is 4.68 Å². The number of nitrogens with one attached hydrogen (secondary N) is 1. The van der Waals surface area contributed by atoms with E-state index < -0.39 is 0 Å². The second kappa shape index (κ2) is 6.27. The lowest BCUT2D eigenvalue weighted by atomic mass is 9.95. The zero-order valence-corrected chi connectivity index (χ0v) is 15.0. The third-order valence-corrected chi connectivity index (χ3v) is 5.77. The largest absolute Gasteiger partial charge is 0.497 e. The van der Waals surface area contributed by atoms with Crippen molar-refractivity contribution in [2.75, 3.05) is 19.0 Å². The highest BCUT2D eigenvalue weighted by molar-refractivity contribution is 5.79. The molecule has 2 aromatic heterocycles. The summed E-state index contributed by atoms with van der Waals surface area (Å²) in [7, 11) is 1.70. The first-order chi connectivity index (χ1) is 12.8. The molecular formula is C20H23N5O. The molecule has 1 aliphatic heterocycles. The maximum Gasteiger partial charge on any atom is 0.184 e. The number of aromatic nitrogens is 4. The van der Waals surface area contributed by atoms with Gasteiger partial charge >= 0.3 is 0 Å². The van der Waals surface area contributed by atoms with Crippen molar-refractivity contribution in [3.63, 3.8) is 0 Å². The molecule has 0 spiro atoms. The summed E-state index contributed by atoms with van der Waals surface area (Å²) in [5.41, 5.74) is 4.24. The van der Waals surface area contributed by atoms with E-state index in [1.165, 1.54) is 37.7 Å². The van der Waals surface area contributed by atoms with Crippen molar-refractivity contribution >= 4 is 16.7 Å². The van der Waals surface area contributed by atoms with Gasteiger partial charge in [-0.1, -0.05) is 19.3 Å². The fraction of sp³-hybridized carbons (Fsp3) is 0.450. The van der Waals surface area contributed by atoms with E-state index in [-0.39, 0.29) is 5.92 Å². The van der Waals surface area contributed by atoms with Crippen molar-refractivity contribution in [1.82, 2.24) is 19.7 Å². The normalized spacial score (nSPS) is 20.1. The highest BCUT2D eigenvalue weighted by Gasteiger charge is 2.28. The summed E-state index contributed by atoms with van der Waals surface area (Å²) in [5, 5.41) is 9.34. The summed E-state index contributed by atoms with van der Waals surface area (Å²) in [5.74, 6) is 1.07. The van der Waals surface area contributed by atoms with Crippen LogP contribution in [0, 0.1) is 0 Å². The monoisotopic (exact) mass is 349 g/mol. The molecule has 1 fully saturated rings. The van der Waals surface area contributed by atoms with Crippen LogP contribution < -0.4 is 10.1 Å². The first kappa shape index (κ1) is 15.6. The molecular weight excluding hydrogens is 326 g/mol. The minimum absolute atomic E-state index is 0.189. The van der Waals surface area contributed by atoms with Crippen LogP contribution in [0.2, 0.25) is 0 Å². The Bertz CT molecular complexity index is 945. The molecule has 1 saturated carbocycles. The Balaban J connectivity index is 1.57. The van der Waals surface area contributed by atoms with Gasteiger partial charge < -0.3 is 10.1 Å². The van der Waals surface area contributed by atoms with Crippen LogP contribution in [-0.2, 0) is 0 Å². The van der Waals surface area contributed by atoms with Crippen molar-refractivity contribution in [2.45, 2.75) is 44.1 Å². The maximum absolute atomic E-state index is 5.42.